The molecule has 0 atom stereocenters. The second kappa shape index (κ2) is 38.5. The average Bonchev–Trinajstić information content (AvgIpc) is 0.731. The second-order valence-electron chi connectivity index (χ2n) is 21.9. The smallest absolute Gasteiger partial charge is 0.338 e. The van der Waals surface area contributed by atoms with Gasteiger partial charge in [0.2, 0.25) is 57.5 Å². The predicted molar refractivity (Wildman–Crippen MR) is 368 cm³/mol. The van der Waals surface area contributed by atoms with Crippen molar-refractivity contribution in [3.8, 4) is 103 Å². The highest BCUT2D eigenvalue weighted by atomic mass is 16.6. The summed E-state index contributed by atoms with van der Waals surface area (Å²) in [5, 5.41) is 0. The minimum atomic E-state index is -1.19. The van der Waals surface area contributed by atoms with Crippen molar-refractivity contribution >= 4 is 23.9 Å². The molecule has 0 radical (unpaired) electrons. The van der Waals surface area contributed by atoms with Crippen LogP contribution >= 0.6 is 0 Å². The van der Waals surface area contributed by atoms with Crippen LogP contribution in [0.1, 0.15) is 175 Å². The van der Waals surface area contributed by atoms with E-state index in [4.69, 9.17) is 85.3 Å². The molecule has 0 aliphatic carbocycles. The van der Waals surface area contributed by atoms with Crippen LogP contribution in [0.5, 0.6) is 103 Å². The molecule has 0 heterocycles. The maximum atomic E-state index is 13.0. The maximum Gasteiger partial charge on any atom is 0.338 e. The van der Waals surface area contributed by atoms with E-state index in [9.17, 15) is 19.2 Å². The van der Waals surface area contributed by atoms with E-state index in [1.165, 1.54) is 0 Å². The first kappa shape index (κ1) is 81.2. The first-order valence-corrected chi connectivity index (χ1v) is 32.8. The number of carbonyl (C=O) groups is 4. The van der Waals surface area contributed by atoms with E-state index in [-0.39, 0.29) is 207 Å². The van der Waals surface area contributed by atoms with E-state index in [2.05, 4.69) is 26.3 Å². The van der Waals surface area contributed by atoms with Crippen molar-refractivity contribution in [1.29, 1.82) is 0 Å². The summed E-state index contributed by atoms with van der Waals surface area (Å²) in [5.74, 6) is 0.657. The van der Waals surface area contributed by atoms with Gasteiger partial charge < -0.3 is 85.3 Å². The quantitative estimate of drug-likeness (QED) is 0.0229. The number of ether oxygens (including phenoxy) is 18. The van der Waals surface area contributed by atoms with Gasteiger partial charge in [0.15, 0.2) is 46.0 Å². The lowest BCUT2D eigenvalue weighted by Gasteiger charge is -2.36. The molecule has 22 heteroatoms. The molecule has 0 N–H and O–H groups in total. The van der Waals surface area contributed by atoms with Gasteiger partial charge in [-0.25, -0.2) is 19.2 Å². The average molecular weight is 1350 g/mol. The SMILES string of the molecule is C=C(C)C(=O)Oc1c(OCC)c(OCC)c(C(C)(C)c2c(OCC)c(OCC)c(OC(=O)C(=C)C)c(OCC)c2OCC)c(OCC)c1OCC.C=C(C)C(=O)Oc1c(OCC)cc(C(C)(C)c2cc(OCC)c(OC(=O)C(=C)C)c(OCC)c2OCC)c(OCC)c1OCC. The van der Waals surface area contributed by atoms with Crippen LogP contribution in [0.15, 0.2) is 60.7 Å². The van der Waals surface area contributed by atoms with E-state index in [1.54, 1.807) is 67.5 Å². The highest BCUT2D eigenvalue weighted by molar-refractivity contribution is 5.93. The van der Waals surface area contributed by atoms with Crippen molar-refractivity contribution in [3.05, 3.63) is 83.0 Å². The summed E-state index contributed by atoms with van der Waals surface area (Å²) >= 11 is 0. The summed E-state index contributed by atoms with van der Waals surface area (Å²) < 4.78 is 110. The molecule has 0 aromatic heterocycles. The van der Waals surface area contributed by atoms with Gasteiger partial charge in [0.05, 0.1) is 104 Å². The zero-order chi connectivity index (χ0) is 72.4. The number of hydrogen-bond acceptors (Lipinski definition) is 22. The lowest BCUT2D eigenvalue weighted by atomic mass is 9.75. The molecule has 0 bridgehead atoms. The third-order valence-electron chi connectivity index (χ3n) is 13.7. The Balaban J connectivity index is 0.000000504. The Morgan fingerprint density at radius 1 is 0.260 bits per heavy atom. The Kier molecular flexibility index (Phi) is 32.5. The molecule has 0 saturated carbocycles. The summed E-state index contributed by atoms with van der Waals surface area (Å²) in [4.78, 5) is 51.5. The van der Waals surface area contributed by atoms with Crippen LogP contribution in [0.25, 0.3) is 0 Å². The topological polar surface area (TPSA) is 234 Å². The molecular formula is C74H104O22. The van der Waals surface area contributed by atoms with Gasteiger partial charge in [-0.05, 0) is 137 Å². The molecule has 0 spiro atoms. The third-order valence-corrected chi connectivity index (χ3v) is 13.7. The van der Waals surface area contributed by atoms with Crippen LogP contribution in [0.4, 0.5) is 0 Å². The molecule has 4 aromatic rings. The summed E-state index contributed by atoms with van der Waals surface area (Å²) in [6.07, 6.45) is 0. The van der Waals surface area contributed by atoms with Crippen molar-refractivity contribution in [3.63, 3.8) is 0 Å². The lowest BCUT2D eigenvalue weighted by Crippen LogP contribution is -2.26. The zero-order valence-corrected chi connectivity index (χ0v) is 60.9. The summed E-state index contributed by atoms with van der Waals surface area (Å²) in [7, 11) is 0. The first-order chi connectivity index (χ1) is 45.6. The molecule has 0 aliphatic rings. The largest absolute Gasteiger partial charge is 0.490 e. The minimum absolute atomic E-state index is 0.0136. The molecule has 0 amide bonds. The van der Waals surface area contributed by atoms with Gasteiger partial charge in [0, 0.05) is 44.2 Å². The molecule has 96 heavy (non-hydrogen) atoms. The summed E-state index contributed by atoms with van der Waals surface area (Å²) in [6, 6.07) is 3.53. The summed E-state index contributed by atoms with van der Waals surface area (Å²) in [6.45, 7) is 57.6. The first-order valence-electron chi connectivity index (χ1n) is 32.8. The fraction of sp³-hybridized carbons (Fsp3) is 0.514. The number of carbonyl (C=O) groups excluding carboxylic acids is 4. The molecular weight excluding hydrogens is 1240 g/mol. The monoisotopic (exact) mass is 1340 g/mol. The molecule has 22 nitrogen and oxygen atoms in total. The van der Waals surface area contributed by atoms with Gasteiger partial charge in [-0.3, -0.25) is 0 Å². The predicted octanol–water partition coefficient (Wildman–Crippen LogP) is 15.5. The van der Waals surface area contributed by atoms with Crippen LogP contribution in [0.3, 0.4) is 0 Å². The molecule has 0 unspecified atom stereocenters. The van der Waals surface area contributed by atoms with Crippen LogP contribution in [0, 0.1) is 0 Å². The Hall–Kier alpha value is -9.08. The zero-order valence-electron chi connectivity index (χ0n) is 60.9. The van der Waals surface area contributed by atoms with Crippen molar-refractivity contribution in [1.82, 2.24) is 0 Å². The molecule has 4 rings (SSSR count). The maximum absolute atomic E-state index is 13.0. The molecule has 4 aromatic carbocycles. The fourth-order valence-corrected chi connectivity index (χ4v) is 9.79. The van der Waals surface area contributed by atoms with Crippen molar-refractivity contribution in [2.75, 3.05) is 92.5 Å². The number of hydrogen-bond donors (Lipinski definition) is 0. The third kappa shape index (κ3) is 19.1. The minimum Gasteiger partial charge on any atom is -0.490 e. The molecule has 0 fully saturated rings. The van der Waals surface area contributed by atoms with Crippen LogP contribution in [0.2, 0.25) is 0 Å². The van der Waals surface area contributed by atoms with Gasteiger partial charge in [-0.15, -0.1) is 0 Å². The van der Waals surface area contributed by atoms with Gasteiger partial charge in [0.1, 0.15) is 0 Å². The van der Waals surface area contributed by atoms with Gasteiger partial charge in [0.25, 0.3) is 0 Å². The normalized spacial score (nSPS) is 10.9. The van der Waals surface area contributed by atoms with E-state index in [0.29, 0.717) is 33.8 Å². The number of esters is 4. The highest BCUT2D eigenvalue weighted by Crippen LogP contribution is 2.64. The lowest BCUT2D eigenvalue weighted by molar-refractivity contribution is -0.131. The highest BCUT2D eigenvalue weighted by Gasteiger charge is 2.46. The van der Waals surface area contributed by atoms with Gasteiger partial charge >= 0.3 is 23.9 Å². The van der Waals surface area contributed by atoms with E-state index in [1.807, 2.05) is 96.9 Å². The Morgan fingerprint density at radius 3 is 0.635 bits per heavy atom. The van der Waals surface area contributed by atoms with Crippen LogP contribution in [-0.2, 0) is 30.0 Å². The number of rotatable bonds is 40. The Bertz CT molecular complexity index is 3100. The van der Waals surface area contributed by atoms with Gasteiger partial charge in [-0.1, -0.05) is 54.0 Å². The van der Waals surface area contributed by atoms with E-state index < -0.39 is 34.7 Å². The van der Waals surface area contributed by atoms with Crippen LogP contribution < -0.4 is 85.3 Å². The molecule has 0 saturated heterocycles. The van der Waals surface area contributed by atoms with E-state index >= 15 is 0 Å². The fourth-order valence-electron chi connectivity index (χ4n) is 9.79. The Labute approximate surface area is 568 Å². The van der Waals surface area contributed by atoms with Crippen molar-refractivity contribution < 1.29 is 104 Å². The van der Waals surface area contributed by atoms with Gasteiger partial charge in [-0.2, -0.15) is 0 Å². The summed E-state index contributed by atoms with van der Waals surface area (Å²) in [5.41, 5.74) is 0.868. The van der Waals surface area contributed by atoms with Crippen LogP contribution in [-0.4, -0.2) is 116 Å². The molecule has 532 valence electrons. The van der Waals surface area contributed by atoms with Crippen molar-refractivity contribution in [2.24, 2.45) is 0 Å². The molecule has 0 aliphatic heterocycles. The Morgan fingerprint density at radius 2 is 0.438 bits per heavy atom. The second-order valence-corrected chi connectivity index (χ2v) is 21.9. The van der Waals surface area contributed by atoms with E-state index in [0.717, 1.165) is 0 Å². The number of benzene rings is 4. The van der Waals surface area contributed by atoms with Crippen molar-refractivity contribution in [2.45, 2.75) is 163 Å². The standard InChI is InChI=1S/C39H56O12.C35H48O10/c1-15-42-27-25(28(43-16-2)32(47-20-6)35(31(27)46-19-5)50-37(40)23(9)10)39(13,14)26-29(44-17-3)33(48-21-7)36(51-38(41)24(11)12)34(49-22-8)30(26)45-18-4;1-13-38-25-19-23(27(40-15-3)31(42-17-5)29(25)44-33(36)21(7)8)35(11,12)24-20-26(39-14-2)30(45-34(37)22(9)10)32(43-18-6)28(24)41-16-4/h9,11,15-22H2,1-8,10,12-14H3;19-20H,7,9,13-18H2,1-6,8,10-12H3.